The van der Waals surface area contributed by atoms with Crippen molar-refractivity contribution in [1.82, 2.24) is 0 Å². The van der Waals surface area contributed by atoms with Crippen LogP contribution in [0.3, 0.4) is 0 Å². The minimum absolute atomic E-state index is 0.0462. The van der Waals surface area contributed by atoms with E-state index in [1.165, 1.54) is 11.3 Å². The van der Waals surface area contributed by atoms with Crippen LogP contribution in [0, 0.1) is 11.3 Å². The molecule has 1 heterocycles. The SMILES string of the molecule is CCOC(=O)c1cc(-c2ccccc2)sc1NC(=O)Cc1ccccc1C#N. The molecule has 6 heteroatoms. The molecule has 5 nitrogen and oxygen atoms in total. The van der Waals surface area contributed by atoms with E-state index in [0.29, 0.717) is 21.7 Å². The van der Waals surface area contributed by atoms with Gasteiger partial charge in [0.2, 0.25) is 5.91 Å². The number of ether oxygens (including phenoxy) is 1. The maximum absolute atomic E-state index is 12.6. The van der Waals surface area contributed by atoms with Crippen molar-refractivity contribution in [3.05, 3.63) is 77.4 Å². The van der Waals surface area contributed by atoms with Crippen molar-refractivity contribution in [2.75, 3.05) is 11.9 Å². The molecule has 0 atom stereocenters. The van der Waals surface area contributed by atoms with E-state index < -0.39 is 5.97 Å². The molecular formula is C22H18N2O3S. The summed E-state index contributed by atoms with van der Waals surface area (Å²) in [6, 6.07) is 20.4. The Morgan fingerprint density at radius 2 is 1.82 bits per heavy atom. The molecule has 0 radical (unpaired) electrons. The number of rotatable bonds is 6. The lowest BCUT2D eigenvalue weighted by Gasteiger charge is -2.07. The topological polar surface area (TPSA) is 79.2 Å². The molecule has 0 aliphatic carbocycles. The number of thiophene rings is 1. The molecule has 1 aromatic heterocycles. The number of carbonyl (C=O) groups excluding carboxylic acids is 2. The first-order valence-corrected chi connectivity index (χ1v) is 9.58. The molecule has 2 aromatic carbocycles. The molecule has 140 valence electrons. The number of nitrogens with one attached hydrogen (secondary N) is 1. The van der Waals surface area contributed by atoms with Crippen molar-refractivity contribution in [1.29, 1.82) is 5.26 Å². The zero-order valence-electron chi connectivity index (χ0n) is 15.3. The van der Waals surface area contributed by atoms with Crippen LogP contribution in [-0.4, -0.2) is 18.5 Å². The lowest BCUT2D eigenvalue weighted by atomic mass is 10.1. The average molecular weight is 390 g/mol. The number of anilines is 1. The average Bonchev–Trinajstić information content (AvgIpc) is 3.13. The predicted molar refractivity (Wildman–Crippen MR) is 109 cm³/mol. The Balaban J connectivity index is 1.87. The Labute approximate surface area is 167 Å². The second-order valence-electron chi connectivity index (χ2n) is 5.93. The third kappa shape index (κ3) is 4.45. The summed E-state index contributed by atoms with van der Waals surface area (Å²) in [5.74, 6) is -0.775. The quantitative estimate of drug-likeness (QED) is 0.622. The Hall–Kier alpha value is -3.43. The van der Waals surface area contributed by atoms with Gasteiger partial charge >= 0.3 is 5.97 Å². The number of benzene rings is 2. The number of carbonyl (C=O) groups is 2. The molecular weight excluding hydrogens is 372 g/mol. The summed E-state index contributed by atoms with van der Waals surface area (Å²) in [4.78, 5) is 25.8. The van der Waals surface area contributed by atoms with Crippen molar-refractivity contribution >= 4 is 28.2 Å². The summed E-state index contributed by atoms with van der Waals surface area (Å²) in [6.07, 6.45) is 0.0462. The van der Waals surface area contributed by atoms with Crippen molar-refractivity contribution < 1.29 is 14.3 Å². The van der Waals surface area contributed by atoms with Gasteiger partial charge < -0.3 is 10.1 Å². The van der Waals surface area contributed by atoms with Crippen LogP contribution >= 0.6 is 11.3 Å². The first-order valence-electron chi connectivity index (χ1n) is 8.76. The van der Waals surface area contributed by atoms with E-state index in [9.17, 15) is 14.9 Å². The number of amides is 1. The molecule has 0 spiro atoms. The smallest absolute Gasteiger partial charge is 0.341 e. The molecule has 0 aliphatic heterocycles. The third-order valence-electron chi connectivity index (χ3n) is 4.03. The first-order chi connectivity index (χ1) is 13.6. The van der Waals surface area contributed by atoms with Gasteiger partial charge in [0.15, 0.2) is 0 Å². The Bertz CT molecular complexity index is 1040. The number of hydrogen-bond acceptors (Lipinski definition) is 5. The largest absolute Gasteiger partial charge is 0.462 e. The van der Waals surface area contributed by atoms with Crippen molar-refractivity contribution in [3.63, 3.8) is 0 Å². The molecule has 3 aromatic rings. The molecule has 28 heavy (non-hydrogen) atoms. The lowest BCUT2D eigenvalue weighted by Crippen LogP contribution is -2.16. The van der Waals surface area contributed by atoms with Crippen LogP contribution in [0.15, 0.2) is 60.7 Å². The fourth-order valence-corrected chi connectivity index (χ4v) is 3.78. The fraction of sp³-hybridized carbons (Fsp3) is 0.136. The molecule has 0 aliphatic rings. The van der Waals surface area contributed by atoms with Gasteiger partial charge in [-0.25, -0.2) is 4.79 Å². The monoisotopic (exact) mass is 390 g/mol. The second kappa shape index (κ2) is 8.98. The van der Waals surface area contributed by atoms with Gasteiger partial charge in [-0.3, -0.25) is 4.79 Å². The molecule has 1 N–H and O–H groups in total. The standard InChI is InChI=1S/C22H18N2O3S/c1-2-27-22(26)18-13-19(15-8-4-3-5-9-15)28-21(18)24-20(25)12-16-10-6-7-11-17(16)14-23/h3-11,13H,2,12H2,1H3,(H,24,25). The minimum Gasteiger partial charge on any atom is -0.462 e. The van der Waals surface area contributed by atoms with Gasteiger partial charge in [0.25, 0.3) is 0 Å². The summed E-state index contributed by atoms with van der Waals surface area (Å²) in [5.41, 5.74) is 2.38. The maximum Gasteiger partial charge on any atom is 0.341 e. The van der Waals surface area contributed by atoms with Gasteiger partial charge in [-0.05, 0) is 30.2 Å². The van der Waals surface area contributed by atoms with Crippen LogP contribution in [0.1, 0.15) is 28.4 Å². The van der Waals surface area contributed by atoms with Gasteiger partial charge in [-0.15, -0.1) is 11.3 Å². The molecule has 0 bridgehead atoms. The minimum atomic E-state index is -0.478. The van der Waals surface area contributed by atoms with E-state index in [0.717, 1.165) is 10.4 Å². The molecule has 3 rings (SSSR count). The maximum atomic E-state index is 12.6. The zero-order valence-corrected chi connectivity index (χ0v) is 16.1. The van der Waals surface area contributed by atoms with Crippen LogP contribution in [0.4, 0.5) is 5.00 Å². The lowest BCUT2D eigenvalue weighted by molar-refractivity contribution is -0.115. The van der Waals surface area contributed by atoms with E-state index in [-0.39, 0.29) is 18.9 Å². The second-order valence-corrected chi connectivity index (χ2v) is 6.99. The van der Waals surface area contributed by atoms with Crippen LogP contribution < -0.4 is 5.32 Å². The zero-order chi connectivity index (χ0) is 19.9. The van der Waals surface area contributed by atoms with E-state index in [2.05, 4.69) is 11.4 Å². The first kappa shape index (κ1) is 19.3. The van der Waals surface area contributed by atoms with Crippen LogP contribution in [0.5, 0.6) is 0 Å². The summed E-state index contributed by atoms with van der Waals surface area (Å²) in [5, 5.41) is 12.4. The van der Waals surface area contributed by atoms with Crippen molar-refractivity contribution in [2.24, 2.45) is 0 Å². The summed E-state index contributed by atoms with van der Waals surface area (Å²) >= 11 is 1.32. The summed E-state index contributed by atoms with van der Waals surface area (Å²) in [6.45, 7) is 1.98. The highest BCUT2D eigenvalue weighted by Gasteiger charge is 2.20. The normalized spacial score (nSPS) is 10.1. The number of hydrogen-bond donors (Lipinski definition) is 1. The Kier molecular flexibility index (Phi) is 6.20. The highest BCUT2D eigenvalue weighted by molar-refractivity contribution is 7.20. The van der Waals surface area contributed by atoms with E-state index in [1.807, 2.05) is 30.3 Å². The van der Waals surface area contributed by atoms with E-state index in [1.54, 1.807) is 37.3 Å². The molecule has 0 saturated heterocycles. The molecule has 0 unspecified atom stereocenters. The fourth-order valence-electron chi connectivity index (χ4n) is 2.72. The predicted octanol–water partition coefficient (Wildman–Crippen LogP) is 4.64. The summed E-state index contributed by atoms with van der Waals surface area (Å²) < 4.78 is 5.13. The van der Waals surface area contributed by atoms with Crippen molar-refractivity contribution in [3.8, 4) is 16.5 Å². The molecule has 0 saturated carbocycles. The highest BCUT2D eigenvalue weighted by atomic mass is 32.1. The number of esters is 1. The van der Waals surface area contributed by atoms with Gasteiger partial charge in [0.1, 0.15) is 5.00 Å². The Morgan fingerprint density at radius 3 is 2.54 bits per heavy atom. The number of nitriles is 1. The van der Waals surface area contributed by atoms with Crippen LogP contribution in [0.25, 0.3) is 10.4 Å². The van der Waals surface area contributed by atoms with Gasteiger partial charge in [0, 0.05) is 4.88 Å². The van der Waals surface area contributed by atoms with Crippen LogP contribution in [0.2, 0.25) is 0 Å². The summed E-state index contributed by atoms with van der Waals surface area (Å²) in [7, 11) is 0. The van der Waals surface area contributed by atoms with E-state index in [4.69, 9.17) is 4.74 Å². The van der Waals surface area contributed by atoms with Gasteiger partial charge in [-0.1, -0.05) is 48.5 Å². The number of nitrogens with zero attached hydrogens (tertiary/aromatic N) is 1. The van der Waals surface area contributed by atoms with Crippen molar-refractivity contribution in [2.45, 2.75) is 13.3 Å². The molecule has 0 fully saturated rings. The molecule has 1 amide bonds. The van der Waals surface area contributed by atoms with Gasteiger partial charge in [0.05, 0.1) is 30.2 Å². The van der Waals surface area contributed by atoms with E-state index >= 15 is 0 Å². The third-order valence-corrected chi connectivity index (χ3v) is 5.13. The Morgan fingerprint density at radius 1 is 1.11 bits per heavy atom. The van der Waals surface area contributed by atoms with Gasteiger partial charge in [-0.2, -0.15) is 5.26 Å². The highest BCUT2D eigenvalue weighted by Crippen LogP contribution is 2.36. The van der Waals surface area contributed by atoms with Crippen LogP contribution in [-0.2, 0) is 16.0 Å².